The van der Waals surface area contributed by atoms with Crippen LogP contribution < -0.4 is 0 Å². The number of carbonyl (C=O) groups is 2. The molecule has 92 valence electrons. The molecule has 1 fully saturated rings. The first-order valence-electron chi connectivity index (χ1n) is 4.67. The van der Waals surface area contributed by atoms with Crippen molar-refractivity contribution >= 4 is 21.9 Å². The molecule has 1 aliphatic heterocycles. The predicted molar refractivity (Wildman–Crippen MR) is 55.2 cm³/mol. The predicted octanol–water partition coefficient (Wildman–Crippen LogP) is -1.44. The smallest absolute Gasteiger partial charge is 0.305 e. The second kappa shape index (κ2) is 4.38. The fraction of sp³-hybridized carbons (Fsp3) is 0.750. The lowest BCUT2D eigenvalue weighted by Crippen LogP contribution is -2.57. The summed E-state index contributed by atoms with van der Waals surface area (Å²) in [6.45, 7) is 0.418. The Balaban J connectivity index is 2.99. The first-order chi connectivity index (χ1) is 7.23. The van der Waals surface area contributed by atoms with Crippen LogP contribution in [0.1, 0.15) is 6.42 Å². The second-order valence-electron chi connectivity index (χ2n) is 3.75. The van der Waals surface area contributed by atoms with Crippen LogP contribution in [0.3, 0.4) is 0 Å². The Morgan fingerprint density at radius 3 is 2.50 bits per heavy atom. The number of likely N-dealkylation sites (N-methyl/N-ethyl adjacent to an activating group) is 1. The number of aliphatic carboxylic acids is 1. The molecule has 1 saturated heterocycles. The fourth-order valence-corrected chi connectivity index (χ4v) is 2.68. The molecule has 1 heterocycles. The maximum absolute atomic E-state index is 11.7. The molecule has 1 amide bonds. The third kappa shape index (κ3) is 2.70. The maximum Gasteiger partial charge on any atom is 0.305 e. The van der Waals surface area contributed by atoms with Crippen LogP contribution in [0.5, 0.6) is 0 Å². The van der Waals surface area contributed by atoms with Crippen LogP contribution in [0.25, 0.3) is 0 Å². The van der Waals surface area contributed by atoms with Crippen LogP contribution in [0.15, 0.2) is 0 Å². The number of carboxylic acids is 1. The molecule has 16 heavy (non-hydrogen) atoms. The van der Waals surface area contributed by atoms with E-state index in [2.05, 4.69) is 0 Å². The van der Waals surface area contributed by atoms with Crippen molar-refractivity contribution in [2.24, 2.45) is 0 Å². The maximum atomic E-state index is 11.7. The summed E-state index contributed by atoms with van der Waals surface area (Å²) in [6, 6.07) is -1.12. The number of nitrogens with zero attached hydrogens (tertiary/aromatic N) is 2. The first kappa shape index (κ1) is 12.9. The van der Waals surface area contributed by atoms with Gasteiger partial charge in [0.1, 0.15) is 6.04 Å². The monoisotopic (exact) mass is 250 g/mol. The largest absolute Gasteiger partial charge is 0.481 e. The highest BCUT2D eigenvalue weighted by Crippen LogP contribution is 2.16. The van der Waals surface area contributed by atoms with E-state index in [0.717, 1.165) is 10.6 Å². The van der Waals surface area contributed by atoms with Crippen molar-refractivity contribution in [1.82, 2.24) is 9.21 Å². The third-order valence-corrected chi connectivity index (χ3v) is 3.75. The number of carbonyl (C=O) groups excluding carboxylic acids is 1. The van der Waals surface area contributed by atoms with Crippen molar-refractivity contribution < 1.29 is 23.1 Å². The van der Waals surface area contributed by atoms with Gasteiger partial charge in [0, 0.05) is 20.1 Å². The van der Waals surface area contributed by atoms with Crippen LogP contribution in [0, 0.1) is 0 Å². The molecular formula is C8H14N2O5S. The third-order valence-electron chi connectivity index (χ3n) is 2.46. The van der Waals surface area contributed by atoms with Crippen molar-refractivity contribution in [2.45, 2.75) is 12.5 Å². The van der Waals surface area contributed by atoms with Gasteiger partial charge in [0.15, 0.2) is 0 Å². The molecule has 0 radical (unpaired) electrons. The van der Waals surface area contributed by atoms with E-state index in [-0.39, 0.29) is 13.1 Å². The average Bonchev–Trinajstić information content (AvgIpc) is 2.10. The molecule has 0 aromatic rings. The number of amides is 1. The molecule has 1 unspecified atom stereocenters. The fourth-order valence-electron chi connectivity index (χ4n) is 1.64. The Bertz CT molecular complexity index is 405. The van der Waals surface area contributed by atoms with Gasteiger partial charge in [-0.3, -0.25) is 9.59 Å². The van der Waals surface area contributed by atoms with E-state index < -0.39 is 34.4 Å². The Morgan fingerprint density at radius 2 is 2.06 bits per heavy atom. The van der Waals surface area contributed by atoms with Crippen LogP contribution in [0.2, 0.25) is 0 Å². The molecule has 1 N–H and O–H groups in total. The van der Waals surface area contributed by atoms with Crippen LogP contribution >= 0.6 is 0 Å². The van der Waals surface area contributed by atoms with Gasteiger partial charge in [-0.05, 0) is 0 Å². The molecule has 0 bridgehead atoms. The molecule has 1 rings (SSSR count). The summed E-state index contributed by atoms with van der Waals surface area (Å²) in [6.07, 6.45) is 0.469. The Labute approximate surface area is 93.7 Å². The van der Waals surface area contributed by atoms with Gasteiger partial charge < -0.3 is 10.0 Å². The van der Waals surface area contributed by atoms with Gasteiger partial charge in [-0.25, -0.2) is 8.42 Å². The molecule has 0 spiro atoms. The van der Waals surface area contributed by atoms with Crippen molar-refractivity contribution in [3.05, 3.63) is 0 Å². The van der Waals surface area contributed by atoms with Gasteiger partial charge in [-0.1, -0.05) is 0 Å². The van der Waals surface area contributed by atoms with Gasteiger partial charge in [0.25, 0.3) is 0 Å². The Hall–Kier alpha value is -1.15. The lowest BCUT2D eigenvalue weighted by molar-refractivity contribution is -0.145. The summed E-state index contributed by atoms with van der Waals surface area (Å²) < 4.78 is 23.7. The van der Waals surface area contributed by atoms with E-state index in [4.69, 9.17) is 5.11 Å². The molecule has 8 heteroatoms. The van der Waals surface area contributed by atoms with E-state index in [1.807, 2.05) is 0 Å². The molecular weight excluding hydrogens is 236 g/mol. The topological polar surface area (TPSA) is 95.0 Å². The minimum atomic E-state index is -3.55. The standard InChI is InChI=1S/C8H14N2O5S/c1-9-3-4-10(16(2,14)15)6(8(9)13)5-7(11)12/h6H,3-5H2,1-2H3,(H,11,12). The summed E-state index contributed by atoms with van der Waals surface area (Å²) >= 11 is 0. The second-order valence-corrected chi connectivity index (χ2v) is 5.68. The van der Waals surface area contributed by atoms with Crippen molar-refractivity contribution in [1.29, 1.82) is 0 Å². The molecule has 1 aliphatic rings. The minimum Gasteiger partial charge on any atom is -0.481 e. The lowest BCUT2D eigenvalue weighted by Gasteiger charge is -2.36. The highest BCUT2D eigenvalue weighted by molar-refractivity contribution is 7.88. The normalized spacial score (nSPS) is 23.5. The average molecular weight is 250 g/mol. The number of rotatable bonds is 3. The van der Waals surface area contributed by atoms with Gasteiger partial charge in [0.05, 0.1) is 12.7 Å². The molecule has 0 saturated carbocycles. The summed E-state index contributed by atoms with van der Waals surface area (Å²) in [5.41, 5.74) is 0. The van der Waals surface area contributed by atoms with E-state index in [9.17, 15) is 18.0 Å². The van der Waals surface area contributed by atoms with E-state index >= 15 is 0 Å². The van der Waals surface area contributed by atoms with Crippen molar-refractivity contribution in [3.8, 4) is 0 Å². The number of sulfonamides is 1. The zero-order valence-corrected chi connectivity index (χ0v) is 9.90. The highest BCUT2D eigenvalue weighted by atomic mass is 32.2. The summed E-state index contributed by atoms with van der Waals surface area (Å²) in [4.78, 5) is 23.6. The molecule has 7 nitrogen and oxygen atoms in total. The zero-order valence-electron chi connectivity index (χ0n) is 9.08. The van der Waals surface area contributed by atoms with Crippen LogP contribution in [-0.2, 0) is 19.6 Å². The number of hydrogen-bond donors (Lipinski definition) is 1. The Kier molecular flexibility index (Phi) is 3.54. The zero-order chi connectivity index (χ0) is 12.5. The van der Waals surface area contributed by atoms with E-state index in [0.29, 0.717) is 0 Å². The van der Waals surface area contributed by atoms with Gasteiger partial charge >= 0.3 is 5.97 Å². The van der Waals surface area contributed by atoms with Gasteiger partial charge in [0.2, 0.25) is 15.9 Å². The highest BCUT2D eigenvalue weighted by Gasteiger charge is 2.39. The number of carboxylic acid groups (broad SMARTS) is 1. The SMILES string of the molecule is CN1CCN(S(C)(=O)=O)C(CC(=O)O)C1=O. The van der Waals surface area contributed by atoms with Crippen LogP contribution in [-0.4, -0.2) is 67.0 Å². The number of hydrogen-bond acceptors (Lipinski definition) is 4. The molecule has 0 aromatic heterocycles. The van der Waals surface area contributed by atoms with Crippen LogP contribution in [0.4, 0.5) is 0 Å². The summed E-state index contributed by atoms with van der Waals surface area (Å²) in [5.74, 6) is -1.67. The van der Waals surface area contributed by atoms with Gasteiger partial charge in [-0.2, -0.15) is 4.31 Å². The minimum absolute atomic E-state index is 0.138. The molecule has 0 aromatic carbocycles. The van der Waals surface area contributed by atoms with Gasteiger partial charge in [-0.15, -0.1) is 0 Å². The summed E-state index contributed by atoms with van der Waals surface area (Å²) in [7, 11) is -2.03. The van der Waals surface area contributed by atoms with E-state index in [1.54, 1.807) is 0 Å². The molecule has 1 atom stereocenters. The quantitative estimate of drug-likeness (QED) is 0.662. The van der Waals surface area contributed by atoms with E-state index in [1.165, 1.54) is 11.9 Å². The Morgan fingerprint density at radius 1 is 1.50 bits per heavy atom. The summed E-state index contributed by atoms with van der Waals surface area (Å²) in [5, 5.41) is 8.66. The first-order valence-corrected chi connectivity index (χ1v) is 6.52. The van der Waals surface area contributed by atoms with Crippen molar-refractivity contribution in [2.75, 3.05) is 26.4 Å². The lowest BCUT2D eigenvalue weighted by atomic mass is 10.1. The molecule has 0 aliphatic carbocycles. The number of piperazine rings is 1. The van der Waals surface area contributed by atoms with Crippen molar-refractivity contribution in [3.63, 3.8) is 0 Å².